The van der Waals surface area contributed by atoms with Crippen LogP contribution in [0.5, 0.6) is 0 Å². The predicted octanol–water partition coefficient (Wildman–Crippen LogP) is 4.20. The average Bonchev–Trinajstić information content (AvgIpc) is 2.96. The van der Waals surface area contributed by atoms with Crippen LogP contribution < -0.4 is 15.5 Å². The van der Waals surface area contributed by atoms with Crippen LogP contribution >= 0.6 is 11.3 Å². The van der Waals surface area contributed by atoms with Gasteiger partial charge in [-0.3, -0.25) is 4.90 Å². The molecule has 8 nitrogen and oxygen atoms in total. The third-order valence-corrected chi connectivity index (χ3v) is 5.29. The number of thiophene rings is 1. The fourth-order valence-electron chi connectivity index (χ4n) is 3.13. The summed E-state index contributed by atoms with van der Waals surface area (Å²) in [6, 6.07) is 3.41. The van der Waals surface area contributed by atoms with Crippen molar-refractivity contribution in [2.75, 3.05) is 15.5 Å². The zero-order chi connectivity index (χ0) is 19.3. The van der Waals surface area contributed by atoms with Crippen molar-refractivity contribution in [1.29, 1.82) is 0 Å². The Morgan fingerprint density at radius 3 is 2.78 bits per heavy atom. The second kappa shape index (κ2) is 6.20. The number of carboxylic acid groups (broad SMARTS) is 1. The van der Waals surface area contributed by atoms with Gasteiger partial charge in [0.25, 0.3) is 0 Å². The standard InChI is InChI=1S/C18H17N5O3S/c1-8(2)21-12-6-9(3)11(7-20-12)23-10-4-5-19-16-13(10)14(22-18(23)26)15(27-16)17(24)25/h4-8H,1-3H3,(H,20,21)(H,22,26)(H,24,25). The van der Waals surface area contributed by atoms with Crippen LogP contribution in [0.3, 0.4) is 0 Å². The Morgan fingerprint density at radius 2 is 2.11 bits per heavy atom. The first-order valence-corrected chi connectivity index (χ1v) is 9.17. The van der Waals surface area contributed by atoms with Gasteiger partial charge in [0.2, 0.25) is 0 Å². The first-order chi connectivity index (χ1) is 12.9. The van der Waals surface area contributed by atoms with E-state index in [1.54, 1.807) is 18.5 Å². The maximum atomic E-state index is 12.8. The second-order valence-corrected chi connectivity index (χ2v) is 7.54. The molecule has 0 unspecified atom stereocenters. The number of carbonyl (C=O) groups is 2. The summed E-state index contributed by atoms with van der Waals surface area (Å²) in [4.78, 5) is 35.2. The molecular formula is C18H17N5O3S. The third-order valence-electron chi connectivity index (χ3n) is 4.20. The highest BCUT2D eigenvalue weighted by atomic mass is 32.1. The zero-order valence-electron chi connectivity index (χ0n) is 14.9. The first-order valence-electron chi connectivity index (χ1n) is 8.36. The van der Waals surface area contributed by atoms with Gasteiger partial charge in [-0.2, -0.15) is 0 Å². The van der Waals surface area contributed by atoms with Crippen LogP contribution in [0.4, 0.5) is 27.7 Å². The molecule has 27 heavy (non-hydrogen) atoms. The first kappa shape index (κ1) is 17.2. The maximum absolute atomic E-state index is 12.8. The molecule has 9 heteroatoms. The lowest BCUT2D eigenvalue weighted by Crippen LogP contribution is -2.34. The van der Waals surface area contributed by atoms with Gasteiger partial charge in [-0.1, -0.05) is 0 Å². The topological polar surface area (TPSA) is 107 Å². The van der Waals surface area contributed by atoms with Gasteiger partial charge in [0, 0.05) is 12.2 Å². The molecule has 138 valence electrons. The minimum Gasteiger partial charge on any atom is -0.477 e. The van der Waals surface area contributed by atoms with E-state index in [2.05, 4.69) is 20.6 Å². The number of urea groups is 1. The predicted molar refractivity (Wildman–Crippen MR) is 105 cm³/mol. The minimum absolute atomic E-state index is 0.0734. The highest BCUT2D eigenvalue weighted by Crippen LogP contribution is 2.46. The van der Waals surface area contributed by atoms with Gasteiger partial charge in [-0.25, -0.2) is 19.6 Å². The molecule has 0 aromatic carbocycles. The van der Waals surface area contributed by atoms with Crippen molar-refractivity contribution in [2.24, 2.45) is 0 Å². The van der Waals surface area contributed by atoms with E-state index in [0.29, 0.717) is 27.3 Å². The molecule has 1 aliphatic rings. The van der Waals surface area contributed by atoms with E-state index in [-0.39, 0.29) is 10.9 Å². The van der Waals surface area contributed by atoms with Crippen LogP contribution in [-0.2, 0) is 0 Å². The third kappa shape index (κ3) is 2.76. The number of pyridine rings is 2. The number of rotatable bonds is 4. The molecule has 0 bridgehead atoms. The number of aryl methyl sites for hydroxylation is 1. The van der Waals surface area contributed by atoms with Crippen LogP contribution in [0.25, 0.3) is 10.2 Å². The van der Waals surface area contributed by atoms with E-state index in [1.165, 1.54) is 4.90 Å². The number of carbonyl (C=O) groups excluding carboxylic acids is 1. The van der Waals surface area contributed by atoms with E-state index in [0.717, 1.165) is 22.7 Å². The molecule has 0 atom stereocenters. The van der Waals surface area contributed by atoms with E-state index < -0.39 is 12.0 Å². The lowest BCUT2D eigenvalue weighted by atomic mass is 10.1. The summed E-state index contributed by atoms with van der Waals surface area (Å²) in [5.74, 6) is -0.359. The number of amides is 2. The molecule has 0 radical (unpaired) electrons. The normalized spacial score (nSPS) is 13.2. The lowest BCUT2D eigenvalue weighted by molar-refractivity contribution is 0.0703. The molecule has 3 aromatic rings. The Kier molecular flexibility index (Phi) is 3.96. The smallest absolute Gasteiger partial charge is 0.348 e. The maximum Gasteiger partial charge on any atom is 0.348 e. The average molecular weight is 383 g/mol. The summed E-state index contributed by atoms with van der Waals surface area (Å²) >= 11 is 1.05. The quantitative estimate of drug-likeness (QED) is 0.623. The Morgan fingerprint density at radius 1 is 1.33 bits per heavy atom. The van der Waals surface area contributed by atoms with Gasteiger partial charge in [-0.15, -0.1) is 11.3 Å². The SMILES string of the molecule is Cc1cc(NC(C)C)ncc1N1C(=O)Nc2c(C(=O)O)sc3nccc1c23. The van der Waals surface area contributed by atoms with Crippen molar-refractivity contribution in [2.45, 2.75) is 26.8 Å². The van der Waals surface area contributed by atoms with E-state index in [9.17, 15) is 14.7 Å². The van der Waals surface area contributed by atoms with Crippen molar-refractivity contribution in [3.63, 3.8) is 0 Å². The van der Waals surface area contributed by atoms with Gasteiger partial charge in [0.1, 0.15) is 15.5 Å². The largest absolute Gasteiger partial charge is 0.477 e. The monoisotopic (exact) mass is 383 g/mol. The summed E-state index contributed by atoms with van der Waals surface area (Å²) < 4.78 is 0. The minimum atomic E-state index is -1.09. The van der Waals surface area contributed by atoms with Crippen molar-refractivity contribution in [3.05, 3.63) is 35.0 Å². The summed E-state index contributed by atoms with van der Waals surface area (Å²) in [5.41, 5.74) is 2.39. The fraction of sp³-hybridized carbons (Fsp3) is 0.222. The van der Waals surface area contributed by atoms with Gasteiger partial charge < -0.3 is 15.7 Å². The lowest BCUT2D eigenvalue weighted by Gasteiger charge is -2.29. The van der Waals surface area contributed by atoms with E-state index >= 15 is 0 Å². The number of anilines is 4. The van der Waals surface area contributed by atoms with Gasteiger partial charge in [0.05, 0.1) is 28.6 Å². The zero-order valence-corrected chi connectivity index (χ0v) is 15.7. The number of aromatic carboxylic acids is 1. The van der Waals surface area contributed by atoms with Crippen molar-refractivity contribution >= 4 is 56.4 Å². The summed E-state index contributed by atoms with van der Waals surface area (Å²) in [5, 5.41) is 16.0. The summed E-state index contributed by atoms with van der Waals surface area (Å²) in [6.07, 6.45) is 3.22. The van der Waals surface area contributed by atoms with Gasteiger partial charge in [-0.05, 0) is 38.5 Å². The van der Waals surface area contributed by atoms with Crippen molar-refractivity contribution < 1.29 is 14.7 Å². The number of nitrogens with zero attached hydrogens (tertiary/aromatic N) is 3. The Hall–Kier alpha value is -3.20. The van der Waals surface area contributed by atoms with Gasteiger partial charge >= 0.3 is 12.0 Å². The van der Waals surface area contributed by atoms with E-state index in [4.69, 9.17) is 0 Å². The van der Waals surface area contributed by atoms with Crippen LogP contribution in [-0.4, -0.2) is 33.1 Å². The van der Waals surface area contributed by atoms with Crippen molar-refractivity contribution in [3.8, 4) is 0 Å². The molecule has 0 spiro atoms. The Bertz CT molecular complexity index is 1090. The molecule has 0 saturated heterocycles. The highest BCUT2D eigenvalue weighted by Gasteiger charge is 2.33. The van der Waals surface area contributed by atoms with E-state index in [1.807, 2.05) is 26.8 Å². The molecule has 0 fully saturated rings. The number of hydrogen-bond donors (Lipinski definition) is 3. The van der Waals surface area contributed by atoms with Crippen molar-refractivity contribution in [1.82, 2.24) is 9.97 Å². The fourth-order valence-corrected chi connectivity index (χ4v) is 4.09. The van der Waals surface area contributed by atoms with Crippen LogP contribution in [0.15, 0.2) is 24.5 Å². The molecule has 0 saturated carbocycles. The summed E-state index contributed by atoms with van der Waals surface area (Å²) in [7, 11) is 0. The van der Waals surface area contributed by atoms with Crippen LogP contribution in [0, 0.1) is 6.92 Å². The molecular weight excluding hydrogens is 366 g/mol. The Labute approximate surface area is 158 Å². The molecule has 4 rings (SSSR count). The number of aromatic nitrogens is 2. The number of hydrogen-bond acceptors (Lipinski definition) is 6. The molecule has 4 heterocycles. The number of carboxylic acids is 1. The summed E-state index contributed by atoms with van der Waals surface area (Å²) in [6.45, 7) is 5.95. The van der Waals surface area contributed by atoms with Gasteiger partial charge in [0.15, 0.2) is 0 Å². The molecule has 3 N–H and O–H groups in total. The second-order valence-electron chi connectivity index (χ2n) is 6.54. The molecule has 0 aliphatic carbocycles. The molecule has 2 amide bonds. The Balaban J connectivity index is 1.88. The number of nitrogens with one attached hydrogen (secondary N) is 2. The van der Waals surface area contributed by atoms with Crippen LogP contribution in [0.2, 0.25) is 0 Å². The molecule has 3 aromatic heterocycles. The molecule has 1 aliphatic heterocycles. The van der Waals surface area contributed by atoms with Crippen LogP contribution in [0.1, 0.15) is 29.1 Å². The highest BCUT2D eigenvalue weighted by molar-refractivity contribution is 7.21.